The summed E-state index contributed by atoms with van der Waals surface area (Å²) in [6, 6.07) is 11.0. The third-order valence-electron chi connectivity index (χ3n) is 7.34. The molecule has 186 valence electrons. The van der Waals surface area contributed by atoms with E-state index >= 15 is 0 Å². The molecule has 2 aliphatic rings. The molecule has 0 radical (unpaired) electrons. The Morgan fingerprint density at radius 2 is 1.94 bits per heavy atom. The lowest BCUT2D eigenvalue weighted by Crippen LogP contribution is -2.43. The van der Waals surface area contributed by atoms with Crippen LogP contribution in [0.25, 0.3) is 11.0 Å². The van der Waals surface area contributed by atoms with Gasteiger partial charge in [0.25, 0.3) is 0 Å². The largest absolute Gasteiger partial charge is 0.444 e. The van der Waals surface area contributed by atoms with Gasteiger partial charge in [-0.05, 0) is 94.5 Å². The standard InChI is InChI=1S/C28H37N5O2/c1-28(2,3)35-27(34)32(5)21-9-11-24-23(16-21)22-10-12-25(30-26(22)33(24)6)29-20-8-7-18-13-14-31(4)17-19(18)15-20/h7-8,10,12,15,21H,9,11,13-14,16-17H2,1-6H3,(H,29,30). The minimum Gasteiger partial charge on any atom is -0.444 e. The zero-order valence-electron chi connectivity index (χ0n) is 21.8. The van der Waals surface area contributed by atoms with E-state index in [1.54, 1.807) is 4.90 Å². The Hall–Kier alpha value is -3.06. The van der Waals surface area contributed by atoms with Crippen LogP contribution in [0.1, 0.15) is 49.6 Å². The number of aromatic nitrogens is 2. The molecule has 1 unspecified atom stereocenters. The van der Waals surface area contributed by atoms with E-state index in [1.807, 2.05) is 27.8 Å². The summed E-state index contributed by atoms with van der Waals surface area (Å²) in [5.41, 5.74) is 7.01. The first-order valence-electron chi connectivity index (χ1n) is 12.6. The smallest absolute Gasteiger partial charge is 0.410 e. The van der Waals surface area contributed by atoms with Gasteiger partial charge in [0.15, 0.2) is 0 Å². The molecule has 0 spiro atoms. The molecular formula is C28H37N5O2. The predicted octanol–water partition coefficient (Wildman–Crippen LogP) is 5.03. The zero-order valence-corrected chi connectivity index (χ0v) is 21.8. The Balaban J connectivity index is 1.37. The number of fused-ring (bicyclic) bond motifs is 4. The highest BCUT2D eigenvalue weighted by Crippen LogP contribution is 2.34. The summed E-state index contributed by atoms with van der Waals surface area (Å²) in [5, 5.41) is 4.69. The van der Waals surface area contributed by atoms with Crippen molar-refractivity contribution in [2.75, 3.05) is 26.0 Å². The Morgan fingerprint density at radius 1 is 1.14 bits per heavy atom. The lowest BCUT2D eigenvalue weighted by atomic mass is 9.91. The first-order chi connectivity index (χ1) is 16.6. The Morgan fingerprint density at radius 3 is 2.71 bits per heavy atom. The van der Waals surface area contributed by atoms with Crippen molar-refractivity contribution < 1.29 is 9.53 Å². The fraction of sp³-hybridized carbons (Fsp3) is 0.500. The van der Waals surface area contributed by atoms with E-state index in [2.05, 4.69) is 59.2 Å². The summed E-state index contributed by atoms with van der Waals surface area (Å²) in [4.78, 5) is 21.8. The second-order valence-electron chi connectivity index (χ2n) is 11.1. The van der Waals surface area contributed by atoms with E-state index in [4.69, 9.17) is 9.72 Å². The van der Waals surface area contributed by atoms with Gasteiger partial charge >= 0.3 is 6.09 Å². The van der Waals surface area contributed by atoms with Crippen molar-refractivity contribution in [3.05, 3.63) is 52.7 Å². The molecule has 1 N–H and O–H groups in total. The fourth-order valence-corrected chi connectivity index (χ4v) is 5.42. The van der Waals surface area contributed by atoms with E-state index in [0.29, 0.717) is 0 Å². The second kappa shape index (κ2) is 8.86. The molecule has 3 heterocycles. The van der Waals surface area contributed by atoms with Gasteiger partial charge < -0.3 is 24.4 Å². The number of likely N-dealkylation sites (N-methyl/N-ethyl adjacent to an activating group) is 2. The number of hydrogen-bond donors (Lipinski definition) is 1. The molecule has 0 fully saturated rings. The van der Waals surface area contributed by atoms with Crippen molar-refractivity contribution in [3.63, 3.8) is 0 Å². The van der Waals surface area contributed by atoms with Crippen LogP contribution in [0.3, 0.4) is 0 Å². The van der Waals surface area contributed by atoms with Gasteiger partial charge in [0.1, 0.15) is 17.1 Å². The topological polar surface area (TPSA) is 62.6 Å². The maximum absolute atomic E-state index is 12.6. The quantitative estimate of drug-likeness (QED) is 0.576. The number of ether oxygens (including phenoxy) is 1. The molecule has 1 amide bonds. The van der Waals surface area contributed by atoms with Crippen LogP contribution >= 0.6 is 0 Å². The maximum atomic E-state index is 12.6. The van der Waals surface area contributed by atoms with E-state index in [1.165, 1.54) is 27.8 Å². The number of nitrogens with one attached hydrogen (secondary N) is 1. The van der Waals surface area contributed by atoms with Gasteiger partial charge in [0.2, 0.25) is 0 Å². The average molecular weight is 476 g/mol. The van der Waals surface area contributed by atoms with Crippen molar-refractivity contribution in [2.45, 2.75) is 64.6 Å². The van der Waals surface area contributed by atoms with E-state index in [0.717, 1.165) is 55.9 Å². The Bertz CT molecular complexity index is 1270. The molecule has 7 nitrogen and oxygen atoms in total. The van der Waals surface area contributed by atoms with E-state index in [-0.39, 0.29) is 12.1 Å². The number of carbonyl (C=O) groups is 1. The van der Waals surface area contributed by atoms with Crippen LogP contribution in [0.2, 0.25) is 0 Å². The normalized spacial score (nSPS) is 18.2. The number of rotatable bonds is 3. The number of benzene rings is 1. The number of nitrogens with zero attached hydrogens (tertiary/aromatic N) is 4. The van der Waals surface area contributed by atoms with Crippen molar-refractivity contribution in [1.82, 2.24) is 19.4 Å². The highest BCUT2D eigenvalue weighted by atomic mass is 16.6. The third-order valence-corrected chi connectivity index (χ3v) is 7.34. The number of anilines is 2. The third kappa shape index (κ3) is 4.74. The average Bonchev–Trinajstić information content (AvgIpc) is 3.08. The van der Waals surface area contributed by atoms with E-state index in [9.17, 15) is 4.79 Å². The number of amides is 1. The molecule has 1 aromatic carbocycles. The maximum Gasteiger partial charge on any atom is 0.410 e. The van der Waals surface area contributed by atoms with Crippen LogP contribution in [0.15, 0.2) is 30.3 Å². The summed E-state index contributed by atoms with van der Waals surface area (Å²) in [6.45, 7) is 7.82. The number of pyridine rings is 1. The van der Waals surface area contributed by atoms with Gasteiger partial charge in [-0.1, -0.05) is 6.07 Å². The van der Waals surface area contributed by atoms with Gasteiger partial charge in [0, 0.05) is 50.0 Å². The zero-order chi connectivity index (χ0) is 24.9. The summed E-state index contributed by atoms with van der Waals surface area (Å²) < 4.78 is 7.83. The molecule has 35 heavy (non-hydrogen) atoms. The summed E-state index contributed by atoms with van der Waals surface area (Å²) in [6.07, 6.45) is 3.50. The molecule has 5 rings (SSSR count). The fourth-order valence-electron chi connectivity index (χ4n) is 5.42. The van der Waals surface area contributed by atoms with Crippen LogP contribution in [0.4, 0.5) is 16.3 Å². The summed E-state index contributed by atoms with van der Waals surface area (Å²) in [5.74, 6) is 0.849. The number of aryl methyl sites for hydroxylation is 1. The highest BCUT2D eigenvalue weighted by molar-refractivity contribution is 5.85. The molecule has 1 aliphatic carbocycles. The predicted molar refractivity (Wildman–Crippen MR) is 140 cm³/mol. The number of hydrogen-bond acceptors (Lipinski definition) is 5. The molecule has 7 heteroatoms. The second-order valence-corrected chi connectivity index (χ2v) is 11.1. The van der Waals surface area contributed by atoms with Gasteiger partial charge in [0.05, 0.1) is 0 Å². The molecular weight excluding hydrogens is 438 g/mol. The molecule has 3 aromatic rings. The molecule has 0 bridgehead atoms. The Labute approximate surface area is 208 Å². The van der Waals surface area contributed by atoms with Gasteiger partial charge in [-0.2, -0.15) is 0 Å². The molecule has 0 saturated carbocycles. The van der Waals surface area contributed by atoms with Crippen molar-refractivity contribution in [3.8, 4) is 0 Å². The molecule has 1 aliphatic heterocycles. The minimum atomic E-state index is -0.494. The van der Waals surface area contributed by atoms with Crippen LogP contribution in [-0.4, -0.2) is 57.7 Å². The molecule has 2 aromatic heterocycles. The number of carbonyl (C=O) groups excluding carboxylic acids is 1. The summed E-state index contributed by atoms with van der Waals surface area (Å²) >= 11 is 0. The SMILES string of the molecule is CN1CCc2ccc(Nc3ccc4c5c(n(C)c4n3)CCC(N(C)C(=O)OC(C)(C)C)C5)cc2C1. The molecule has 0 saturated heterocycles. The van der Waals surface area contributed by atoms with Crippen LogP contribution in [0, 0.1) is 0 Å². The monoisotopic (exact) mass is 475 g/mol. The van der Waals surface area contributed by atoms with Gasteiger partial charge in [-0.15, -0.1) is 0 Å². The lowest BCUT2D eigenvalue weighted by Gasteiger charge is -2.33. The van der Waals surface area contributed by atoms with Crippen molar-refractivity contribution >= 4 is 28.6 Å². The lowest BCUT2D eigenvalue weighted by molar-refractivity contribution is 0.0210. The van der Waals surface area contributed by atoms with Crippen LogP contribution in [0.5, 0.6) is 0 Å². The van der Waals surface area contributed by atoms with Crippen LogP contribution in [-0.2, 0) is 37.6 Å². The van der Waals surface area contributed by atoms with Crippen molar-refractivity contribution in [1.29, 1.82) is 0 Å². The van der Waals surface area contributed by atoms with Gasteiger partial charge in [-0.3, -0.25) is 0 Å². The summed E-state index contributed by atoms with van der Waals surface area (Å²) in [7, 11) is 6.13. The van der Waals surface area contributed by atoms with E-state index < -0.39 is 5.60 Å². The first-order valence-corrected chi connectivity index (χ1v) is 12.6. The van der Waals surface area contributed by atoms with Crippen molar-refractivity contribution in [2.24, 2.45) is 7.05 Å². The molecule has 1 atom stereocenters. The van der Waals surface area contributed by atoms with Gasteiger partial charge in [-0.25, -0.2) is 9.78 Å². The van der Waals surface area contributed by atoms with Crippen LogP contribution < -0.4 is 5.32 Å². The highest BCUT2D eigenvalue weighted by Gasteiger charge is 2.31. The Kier molecular flexibility index (Phi) is 5.99. The minimum absolute atomic E-state index is 0.120. The first kappa shape index (κ1) is 23.7.